The van der Waals surface area contributed by atoms with Gasteiger partial charge in [-0.1, -0.05) is 13.8 Å². The average molecular weight is 370 g/mol. The monoisotopic (exact) mass is 370 g/mol. The van der Waals surface area contributed by atoms with Crippen LogP contribution in [0, 0.1) is 0 Å². The Kier molecular flexibility index (Phi) is 5.21. The molecule has 0 atom stereocenters. The molecule has 0 aliphatic rings. The van der Waals surface area contributed by atoms with E-state index in [1.54, 1.807) is 30.3 Å². The van der Waals surface area contributed by atoms with Gasteiger partial charge in [0.15, 0.2) is 23.0 Å². The molecule has 27 heavy (non-hydrogen) atoms. The topological polar surface area (TPSA) is 82.8 Å². The fourth-order valence-corrected chi connectivity index (χ4v) is 2.69. The summed E-state index contributed by atoms with van der Waals surface area (Å²) in [5, 5.41) is 2.86. The zero-order valence-corrected chi connectivity index (χ0v) is 16.0. The molecular formula is C20H22N2O5. The lowest BCUT2D eigenvalue weighted by atomic mass is 10.1. The number of aromatic nitrogens is 1. The standard InChI is InChI=1S/C20H22N2O5/c1-11(2)20-22-14-10-13(6-7-15(14)27-20)21-19(23)12-8-16(24-3)18(26-5)17(9-12)25-4/h6-11H,1-5H3,(H,21,23). The molecule has 3 aromatic rings. The molecule has 2 aromatic carbocycles. The molecule has 1 aromatic heterocycles. The molecule has 0 aliphatic heterocycles. The van der Waals surface area contributed by atoms with Crippen molar-refractivity contribution in [3.8, 4) is 17.2 Å². The lowest BCUT2D eigenvalue weighted by molar-refractivity contribution is 0.102. The van der Waals surface area contributed by atoms with Crippen LogP contribution in [0.5, 0.6) is 17.2 Å². The van der Waals surface area contributed by atoms with E-state index in [0.29, 0.717) is 45.5 Å². The van der Waals surface area contributed by atoms with E-state index < -0.39 is 0 Å². The Bertz CT molecular complexity index is 953. The molecular weight excluding hydrogens is 348 g/mol. The van der Waals surface area contributed by atoms with Crippen LogP contribution in [0.25, 0.3) is 11.1 Å². The van der Waals surface area contributed by atoms with Crippen molar-refractivity contribution in [2.45, 2.75) is 19.8 Å². The van der Waals surface area contributed by atoms with Crippen molar-refractivity contribution < 1.29 is 23.4 Å². The first-order chi connectivity index (χ1) is 13.0. The van der Waals surface area contributed by atoms with Crippen molar-refractivity contribution in [2.75, 3.05) is 26.6 Å². The number of hydrogen-bond acceptors (Lipinski definition) is 6. The van der Waals surface area contributed by atoms with Gasteiger partial charge in [-0.2, -0.15) is 0 Å². The molecule has 3 rings (SSSR count). The van der Waals surface area contributed by atoms with E-state index in [1.165, 1.54) is 21.3 Å². The van der Waals surface area contributed by atoms with E-state index in [0.717, 1.165) is 0 Å². The summed E-state index contributed by atoms with van der Waals surface area (Å²) in [6.07, 6.45) is 0. The zero-order valence-electron chi connectivity index (χ0n) is 16.0. The van der Waals surface area contributed by atoms with Crippen molar-refractivity contribution in [1.29, 1.82) is 0 Å². The number of oxazole rings is 1. The van der Waals surface area contributed by atoms with Gasteiger partial charge in [0, 0.05) is 17.2 Å². The van der Waals surface area contributed by atoms with Gasteiger partial charge >= 0.3 is 0 Å². The number of ether oxygens (including phenoxy) is 3. The highest BCUT2D eigenvalue weighted by atomic mass is 16.5. The maximum absolute atomic E-state index is 12.7. The van der Waals surface area contributed by atoms with Crippen molar-refractivity contribution in [1.82, 2.24) is 4.98 Å². The van der Waals surface area contributed by atoms with Crippen molar-refractivity contribution in [3.63, 3.8) is 0 Å². The summed E-state index contributed by atoms with van der Waals surface area (Å²) in [5.41, 5.74) is 2.38. The van der Waals surface area contributed by atoms with Gasteiger partial charge in [0.1, 0.15) is 5.52 Å². The van der Waals surface area contributed by atoms with Gasteiger partial charge in [-0.25, -0.2) is 4.98 Å². The third kappa shape index (κ3) is 3.67. The number of carbonyl (C=O) groups is 1. The molecule has 0 saturated carbocycles. The molecule has 1 heterocycles. The first-order valence-corrected chi connectivity index (χ1v) is 8.48. The minimum absolute atomic E-state index is 0.190. The van der Waals surface area contributed by atoms with Crippen LogP contribution < -0.4 is 19.5 Å². The quantitative estimate of drug-likeness (QED) is 0.699. The van der Waals surface area contributed by atoms with Crippen LogP contribution in [0.1, 0.15) is 36.0 Å². The molecule has 0 saturated heterocycles. The maximum atomic E-state index is 12.7. The third-order valence-electron chi connectivity index (χ3n) is 4.08. The molecule has 0 aliphatic carbocycles. The van der Waals surface area contributed by atoms with E-state index in [9.17, 15) is 4.79 Å². The first-order valence-electron chi connectivity index (χ1n) is 8.48. The Hall–Kier alpha value is -3.22. The molecule has 0 spiro atoms. The van der Waals surface area contributed by atoms with Gasteiger partial charge in [-0.3, -0.25) is 4.79 Å². The van der Waals surface area contributed by atoms with Crippen LogP contribution in [-0.2, 0) is 0 Å². The molecule has 0 bridgehead atoms. The molecule has 7 heteroatoms. The number of nitrogens with one attached hydrogen (secondary N) is 1. The molecule has 142 valence electrons. The smallest absolute Gasteiger partial charge is 0.255 e. The van der Waals surface area contributed by atoms with Gasteiger partial charge in [0.05, 0.1) is 21.3 Å². The second kappa shape index (κ2) is 7.57. The van der Waals surface area contributed by atoms with Crippen molar-refractivity contribution in [3.05, 3.63) is 41.8 Å². The van der Waals surface area contributed by atoms with Gasteiger partial charge in [-0.05, 0) is 30.3 Å². The molecule has 0 radical (unpaired) electrons. The van der Waals surface area contributed by atoms with Crippen LogP contribution >= 0.6 is 0 Å². The van der Waals surface area contributed by atoms with E-state index >= 15 is 0 Å². The van der Waals surface area contributed by atoms with Gasteiger partial charge in [0.2, 0.25) is 5.75 Å². The van der Waals surface area contributed by atoms with E-state index in [1.807, 2.05) is 13.8 Å². The highest BCUT2D eigenvalue weighted by Gasteiger charge is 2.17. The van der Waals surface area contributed by atoms with Crippen LogP contribution in [-0.4, -0.2) is 32.2 Å². The number of benzene rings is 2. The second-order valence-electron chi connectivity index (χ2n) is 6.26. The second-order valence-corrected chi connectivity index (χ2v) is 6.26. The Balaban J connectivity index is 1.89. The number of nitrogens with zero attached hydrogens (tertiary/aromatic N) is 1. The predicted octanol–water partition coefficient (Wildman–Crippen LogP) is 4.23. The number of methoxy groups -OCH3 is 3. The molecule has 7 nitrogen and oxygen atoms in total. The van der Waals surface area contributed by atoms with Gasteiger partial charge < -0.3 is 23.9 Å². The predicted molar refractivity (Wildman–Crippen MR) is 102 cm³/mol. The van der Waals surface area contributed by atoms with Crippen molar-refractivity contribution >= 4 is 22.7 Å². The fourth-order valence-electron chi connectivity index (χ4n) is 2.69. The number of fused-ring (bicyclic) bond motifs is 1. The molecule has 1 N–H and O–H groups in total. The van der Waals surface area contributed by atoms with E-state index in [4.69, 9.17) is 18.6 Å². The third-order valence-corrected chi connectivity index (χ3v) is 4.08. The highest BCUT2D eigenvalue weighted by molar-refractivity contribution is 6.05. The normalized spacial score (nSPS) is 10.9. The first kappa shape index (κ1) is 18.6. The van der Waals surface area contributed by atoms with Crippen LogP contribution in [0.15, 0.2) is 34.7 Å². The zero-order chi connectivity index (χ0) is 19.6. The minimum atomic E-state index is -0.304. The van der Waals surface area contributed by atoms with Crippen LogP contribution in [0.3, 0.4) is 0 Å². The Morgan fingerprint density at radius 3 is 2.26 bits per heavy atom. The lowest BCUT2D eigenvalue weighted by Gasteiger charge is -2.14. The summed E-state index contributed by atoms with van der Waals surface area (Å²) in [6.45, 7) is 4.02. The Morgan fingerprint density at radius 1 is 1.04 bits per heavy atom. The lowest BCUT2D eigenvalue weighted by Crippen LogP contribution is -2.12. The summed E-state index contributed by atoms with van der Waals surface area (Å²) in [7, 11) is 4.52. The number of rotatable bonds is 6. The highest BCUT2D eigenvalue weighted by Crippen LogP contribution is 2.38. The maximum Gasteiger partial charge on any atom is 0.255 e. The van der Waals surface area contributed by atoms with Gasteiger partial charge in [-0.15, -0.1) is 0 Å². The number of anilines is 1. The number of carbonyl (C=O) groups excluding carboxylic acids is 1. The minimum Gasteiger partial charge on any atom is -0.493 e. The molecule has 0 fully saturated rings. The van der Waals surface area contributed by atoms with Gasteiger partial charge in [0.25, 0.3) is 5.91 Å². The number of hydrogen-bond donors (Lipinski definition) is 1. The molecule has 0 unspecified atom stereocenters. The Morgan fingerprint density at radius 2 is 1.70 bits per heavy atom. The number of amides is 1. The fraction of sp³-hybridized carbons (Fsp3) is 0.300. The summed E-state index contributed by atoms with van der Waals surface area (Å²) in [6, 6.07) is 8.54. The van der Waals surface area contributed by atoms with Crippen LogP contribution in [0.2, 0.25) is 0 Å². The Labute approximate surface area is 157 Å². The summed E-state index contributed by atoms with van der Waals surface area (Å²) in [5.74, 6) is 1.81. The average Bonchev–Trinajstić information content (AvgIpc) is 3.10. The van der Waals surface area contributed by atoms with Crippen molar-refractivity contribution in [2.24, 2.45) is 0 Å². The van der Waals surface area contributed by atoms with Crippen LogP contribution in [0.4, 0.5) is 5.69 Å². The molecule has 1 amide bonds. The summed E-state index contributed by atoms with van der Waals surface area (Å²) >= 11 is 0. The summed E-state index contributed by atoms with van der Waals surface area (Å²) < 4.78 is 21.6. The SMILES string of the molecule is COc1cc(C(=O)Nc2ccc3oc(C(C)C)nc3c2)cc(OC)c1OC. The summed E-state index contributed by atoms with van der Waals surface area (Å²) in [4.78, 5) is 17.1. The van der Waals surface area contributed by atoms with E-state index in [-0.39, 0.29) is 11.8 Å². The van der Waals surface area contributed by atoms with E-state index in [2.05, 4.69) is 10.3 Å². The largest absolute Gasteiger partial charge is 0.493 e.